The van der Waals surface area contributed by atoms with E-state index < -0.39 is 0 Å². The molecular weight excluding hydrogens is 416 g/mol. The third-order valence-electron chi connectivity index (χ3n) is 6.85. The Bertz CT molecular complexity index is 724. The number of methoxy groups -OCH3 is 1. The Morgan fingerprint density at radius 3 is 2.44 bits per heavy atom. The van der Waals surface area contributed by atoms with Gasteiger partial charge in [-0.15, -0.1) is 0 Å². The zero-order chi connectivity index (χ0) is 25.3. The van der Waals surface area contributed by atoms with E-state index in [4.69, 9.17) is 9.73 Å². The number of unbranched alkanes of at least 4 members (excludes halogenated alkanes) is 1. The fraction of sp³-hybridized carbons (Fsp3) is 0.710. The molecule has 3 nitrogen and oxygen atoms in total. The van der Waals surface area contributed by atoms with Gasteiger partial charge in [0.25, 0.3) is 0 Å². The Hall–Kier alpha value is -1.61. The maximum absolute atomic E-state index is 5.75. The van der Waals surface area contributed by atoms with Crippen molar-refractivity contribution in [3.05, 3.63) is 46.7 Å². The van der Waals surface area contributed by atoms with Crippen molar-refractivity contribution < 1.29 is 4.74 Å². The van der Waals surface area contributed by atoms with Crippen molar-refractivity contribution in [2.45, 2.75) is 106 Å². The topological polar surface area (TPSA) is 24.8 Å². The van der Waals surface area contributed by atoms with Crippen molar-refractivity contribution in [2.24, 2.45) is 16.8 Å². The van der Waals surface area contributed by atoms with Crippen LogP contribution in [0.2, 0.25) is 0 Å². The molecule has 0 aromatic heterocycles. The molecule has 0 aliphatic heterocycles. The molecule has 0 N–H and O–H groups in total. The molecule has 0 aromatic rings. The van der Waals surface area contributed by atoms with E-state index in [2.05, 4.69) is 77.7 Å². The first-order valence-corrected chi connectivity index (χ1v) is 13.9. The zero-order valence-corrected chi connectivity index (χ0v) is 23.8. The van der Waals surface area contributed by atoms with Gasteiger partial charge in [0.1, 0.15) is 0 Å². The van der Waals surface area contributed by atoms with Crippen LogP contribution < -0.4 is 0 Å². The summed E-state index contributed by atoms with van der Waals surface area (Å²) in [5.74, 6) is 2.44. The standard InChI is InChI=1S/C31H54N2O/c1-9-28(10-2)29-22-21-26(6)18-14-19-30(29)32-31(34-8)20-15-23-33(11-3)24-27(7)17-13-12-16-25(4)5/h9,18-19,22,25,27H,10-17,20-21,23-24H2,1-8H3/b26-18-,28-9?,29-22+,30-19+,32-31+. The molecule has 0 heterocycles. The number of hydrogen-bond donors (Lipinski definition) is 0. The molecule has 0 saturated heterocycles. The first-order valence-electron chi connectivity index (χ1n) is 13.9. The lowest BCUT2D eigenvalue weighted by molar-refractivity contribution is 0.236. The van der Waals surface area contributed by atoms with Gasteiger partial charge < -0.3 is 9.64 Å². The highest BCUT2D eigenvalue weighted by Crippen LogP contribution is 2.28. The minimum atomic E-state index is 0.764. The second kappa shape index (κ2) is 17.8. The van der Waals surface area contributed by atoms with Crippen LogP contribution in [0.4, 0.5) is 0 Å². The smallest absolute Gasteiger partial charge is 0.188 e. The van der Waals surface area contributed by atoms with Crippen molar-refractivity contribution in [3.8, 4) is 0 Å². The van der Waals surface area contributed by atoms with Gasteiger partial charge in [-0.2, -0.15) is 0 Å². The van der Waals surface area contributed by atoms with Gasteiger partial charge in [-0.1, -0.05) is 83.8 Å². The molecule has 0 spiro atoms. The summed E-state index contributed by atoms with van der Waals surface area (Å²) in [6.45, 7) is 19.3. The molecular formula is C31H54N2O. The summed E-state index contributed by atoms with van der Waals surface area (Å²) in [5.41, 5.74) is 5.12. The summed E-state index contributed by atoms with van der Waals surface area (Å²) >= 11 is 0. The molecule has 0 saturated carbocycles. The lowest BCUT2D eigenvalue weighted by Crippen LogP contribution is -2.30. The Morgan fingerprint density at radius 2 is 1.82 bits per heavy atom. The van der Waals surface area contributed by atoms with Crippen LogP contribution in [-0.4, -0.2) is 37.5 Å². The maximum atomic E-state index is 5.75. The third kappa shape index (κ3) is 12.2. The monoisotopic (exact) mass is 470 g/mol. The second-order valence-corrected chi connectivity index (χ2v) is 10.4. The number of hydrogen-bond acceptors (Lipinski definition) is 3. The first-order chi connectivity index (χ1) is 16.3. The lowest BCUT2D eigenvalue weighted by Gasteiger charge is -2.24. The van der Waals surface area contributed by atoms with E-state index >= 15 is 0 Å². The Kier molecular flexibility index (Phi) is 15.9. The third-order valence-corrected chi connectivity index (χ3v) is 6.85. The van der Waals surface area contributed by atoms with Crippen molar-refractivity contribution >= 4 is 5.90 Å². The maximum Gasteiger partial charge on any atom is 0.188 e. The fourth-order valence-corrected chi connectivity index (χ4v) is 4.63. The summed E-state index contributed by atoms with van der Waals surface area (Å²) in [7, 11) is 1.77. The van der Waals surface area contributed by atoms with Crippen LogP contribution in [0.15, 0.2) is 51.7 Å². The Morgan fingerprint density at radius 1 is 1.09 bits per heavy atom. The highest BCUT2D eigenvalue weighted by Gasteiger charge is 2.13. The number of allylic oxidation sites excluding steroid dienone is 6. The summed E-state index contributed by atoms with van der Waals surface area (Å²) < 4.78 is 5.75. The van der Waals surface area contributed by atoms with Crippen molar-refractivity contribution in [1.82, 2.24) is 4.90 Å². The molecule has 1 aliphatic carbocycles. The van der Waals surface area contributed by atoms with Gasteiger partial charge in [0.2, 0.25) is 0 Å². The molecule has 0 amide bonds. The van der Waals surface area contributed by atoms with Crippen molar-refractivity contribution in [3.63, 3.8) is 0 Å². The van der Waals surface area contributed by atoms with Gasteiger partial charge in [0.05, 0.1) is 12.8 Å². The molecule has 1 unspecified atom stereocenters. The fourth-order valence-electron chi connectivity index (χ4n) is 4.63. The molecule has 34 heavy (non-hydrogen) atoms. The predicted octanol–water partition coefficient (Wildman–Crippen LogP) is 8.89. The molecule has 0 bridgehead atoms. The SMILES string of the molecule is CC=C(CC)/C1=C\C/C(C)=C\C/C=C1/N=C(\CCCN(CC)CC(C)CCCCC(C)C)OC. The second-order valence-electron chi connectivity index (χ2n) is 10.4. The number of ether oxygens (including phenoxy) is 1. The molecule has 194 valence electrons. The Balaban J connectivity index is 2.71. The van der Waals surface area contributed by atoms with E-state index in [1.54, 1.807) is 7.11 Å². The number of nitrogens with zero attached hydrogens (tertiary/aromatic N) is 2. The largest absolute Gasteiger partial charge is 0.484 e. The van der Waals surface area contributed by atoms with E-state index in [9.17, 15) is 0 Å². The summed E-state index contributed by atoms with van der Waals surface area (Å²) in [4.78, 5) is 7.63. The van der Waals surface area contributed by atoms with Crippen LogP contribution in [0.1, 0.15) is 106 Å². The number of rotatable bonds is 15. The molecule has 1 rings (SSSR count). The van der Waals surface area contributed by atoms with Crippen LogP contribution in [0.5, 0.6) is 0 Å². The molecule has 0 fully saturated rings. The summed E-state index contributed by atoms with van der Waals surface area (Å²) in [6.07, 6.45) is 19.5. The average molecular weight is 471 g/mol. The van der Waals surface area contributed by atoms with Gasteiger partial charge in [-0.05, 0) is 82.0 Å². The van der Waals surface area contributed by atoms with Gasteiger partial charge >= 0.3 is 0 Å². The van der Waals surface area contributed by atoms with Crippen molar-refractivity contribution in [1.29, 1.82) is 0 Å². The average Bonchev–Trinajstić information content (AvgIpc) is 2.81. The highest BCUT2D eigenvalue weighted by atomic mass is 16.5. The minimum absolute atomic E-state index is 0.764. The Labute approximate surface area is 212 Å². The van der Waals surface area contributed by atoms with E-state index in [-0.39, 0.29) is 0 Å². The van der Waals surface area contributed by atoms with Crippen LogP contribution in [0.3, 0.4) is 0 Å². The van der Waals surface area contributed by atoms with Crippen LogP contribution >= 0.6 is 0 Å². The zero-order valence-electron chi connectivity index (χ0n) is 23.8. The van der Waals surface area contributed by atoms with Crippen LogP contribution in [0, 0.1) is 11.8 Å². The molecule has 1 aliphatic rings. The van der Waals surface area contributed by atoms with Gasteiger partial charge in [0.15, 0.2) is 5.90 Å². The van der Waals surface area contributed by atoms with Crippen molar-refractivity contribution in [2.75, 3.05) is 26.7 Å². The normalized spacial score (nSPS) is 21.3. The van der Waals surface area contributed by atoms with Crippen LogP contribution in [0.25, 0.3) is 0 Å². The molecule has 1 atom stereocenters. The van der Waals surface area contributed by atoms with Crippen LogP contribution in [-0.2, 0) is 4.74 Å². The molecule has 0 radical (unpaired) electrons. The predicted molar refractivity (Wildman–Crippen MR) is 151 cm³/mol. The van der Waals surface area contributed by atoms with E-state index in [0.717, 1.165) is 68.6 Å². The van der Waals surface area contributed by atoms with Gasteiger partial charge in [-0.3, -0.25) is 0 Å². The highest BCUT2D eigenvalue weighted by molar-refractivity contribution is 5.78. The lowest BCUT2D eigenvalue weighted by atomic mass is 9.95. The summed E-state index contributed by atoms with van der Waals surface area (Å²) in [5, 5.41) is 0. The molecule has 0 aromatic carbocycles. The summed E-state index contributed by atoms with van der Waals surface area (Å²) in [6, 6.07) is 0. The van der Waals surface area contributed by atoms with E-state index in [1.165, 1.54) is 48.9 Å². The van der Waals surface area contributed by atoms with E-state index in [1.807, 2.05) is 0 Å². The van der Waals surface area contributed by atoms with Gasteiger partial charge in [-0.25, -0.2) is 4.99 Å². The van der Waals surface area contributed by atoms with Gasteiger partial charge in [0, 0.05) is 13.0 Å². The number of aliphatic imine (C=N–C) groups is 1. The quantitative estimate of drug-likeness (QED) is 0.103. The first kappa shape index (κ1) is 30.4. The van der Waals surface area contributed by atoms with E-state index in [0.29, 0.717) is 0 Å². The minimum Gasteiger partial charge on any atom is -0.484 e. The molecule has 3 heteroatoms.